The lowest BCUT2D eigenvalue weighted by molar-refractivity contribution is -0.120. The molecule has 3 N–H and O–H groups in total. The number of amides is 1. The van der Waals surface area contributed by atoms with Crippen molar-refractivity contribution in [3.63, 3.8) is 0 Å². The topological polar surface area (TPSA) is 72.9 Å². The molecule has 1 aromatic heterocycles. The minimum absolute atomic E-state index is 0.0739. The minimum Gasteiger partial charge on any atom is -0.330 e. The largest absolute Gasteiger partial charge is 0.330 e. The van der Waals surface area contributed by atoms with Gasteiger partial charge in [-0.25, -0.2) is 9.37 Å². The van der Waals surface area contributed by atoms with Crippen LogP contribution in [0.15, 0.2) is 40.6 Å². The molecule has 3 rings (SSSR count). The Morgan fingerprint density at radius 2 is 2.33 bits per heavy atom. The summed E-state index contributed by atoms with van der Waals surface area (Å²) in [4.78, 5) is 17.6. The second kappa shape index (κ2) is 7.36. The summed E-state index contributed by atoms with van der Waals surface area (Å²) >= 11 is 1.39. The van der Waals surface area contributed by atoms with E-state index in [1.54, 1.807) is 12.3 Å². The van der Waals surface area contributed by atoms with Crippen LogP contribution in [0.25, 0.3) is 0 Å². The average Bonchev–Trinajstić information content (AvgIpc) is 3.19. The van der Waals surface area contributed by atoms with Crippen molar-refractivity contribution in [1.29, 1.82) is 0 Å². The molecule has 1 aliphatic rings. The number of carbonyl (C=O) groups excluding carboxylic acids is 1. The lowest BCUT2D eigenvalue weighted by Crippen LogP contribution is -2.29. The molecule has 0 unspecified atom stereocenters. The van der Waals surface area contributed by atoms with E-state index in [-0.39, 0.29) is 23.6 Å². The molecule has 1 fully saturated rings. The summed E-state index contributed by atoms with van der Waals surface area (Å²) in [6.45, 7) is 0.510. The van der Waals surface area contributed by atoms with Gasteiger partial charge in [0.15, 0.2) is 5.16 Å². The molecule has 0 aliphatic heterocycles. The smallest absolute Gasteiger partial charge is 0.227 e. The Morgan fingerprint density at radius 1 is 1.50 bits per heavy atom. The Bertz CT molecular complexity index is 733. The van der Waals surface area contributed by atoms with E-state index in [9.17, 15) is 9.18 Å². The number of hydrogen-bond donors (Lipinski definition) is 2. The Kier molecular flexibility index (Phi) is 5.20. The Labute approximate surface area is 144 Å². The number of aromatic nitrogens is 2. The van der Waals surface area contributed by atoms with Crippen molar-refractivity contribution >= 4 is 23.4 Å². The Hall–Kier alpha value is -1.86. The molecule has 1 heterocycles. The number of aryl methyl sites for hydroxylation is 1. The van der Waals surface area contributed by atoms with Crippen LogP contribution in [0.3, 0.4) is 0 Å². The molecule has 1 aromatic carbocycles. The van der Waals surface area contributed by atoms with Crippen LogP contribution in [0.2, 0.25) is 0 Å². The molecule has 1 saturated carbocycles. The van der Waals surface area contributed by atoms with Crippen LogP contribution in [-0.2, 0) is 11.8 Å². The van der Waals surface area contributed by atoms with Gasteiger partial charge >= 0.3 is 0 Å². The first-order valence-electron chi connectivity index (χ1n) is 8.04. The fourth-order valence-electron chi connectivity index (χ4n) is 3.13. The molecule has 1 aliphatic carbocycles. The molecule has 7 heteroatoms. The predicted molar refractivity (Wildman–Crippen MR) is 92.2 cm³/mol. The SMILES string of the molecule is Cn1ccnc1Sc1ccc(F)cc1NC(=O)[C@@H]1CCC[C@@H]1CN. The number of nitrogens with zero attached hydrogens (tertiary/aromatic N) is 2. The highest BCUT2D eigenvalue weighted by Crippen LogP contribution is 2.35. The highest BCUT2D eigenvalue weighted by molar-refractivity contribution is 7.99. The van der Waals surface area contributed by atoms with Crippen molar-refractivity contribution in [1.82, 2.24) is 9.55 Å². The normalized spacial score (nSPS) is 20.3. The molecule has 2 aromatic rings. The summed E-state index contributed by atoms with van der Waals surface area (Å²) in [6.07, 6.45) is 6.37. The number of carbonyl (C=O) groups is 1. The van der Waals surface area contributed by atoms with Crippen molar-refractivity contribution in [2.45, 2.75) is 29.3 Å². The molecule has 5 nitrogen and oxygen atoms in total. The molecule has 0 bridgehead atoms. The molecule has 128 valence electrons. The number of nitrogens with two attached hydrogens (primary N) is 1. The number of benzene rings is 1. The van der Waals surface area contributed by atoms with Crippen LogP contribution in [0, 0.1) is 17.7 Å². The first-order chi connectivity index (χ1) is 11.6. The first kappa shape index (κ1) is 17.0. The van der Waals surface area contributed by atoms with Crippen LogP contribution < -0.4 is 11.1 Å². The highest BCUT2D eigenvalue weighted by atomic mass is 32.2. The number of halogens is 1. The van der Waals surface area contributed by atoms with E-state index in [1.165, 1.54) is 23.9 Å². The zero-order valence-corrected chi connectivity index (χ0v) is 14.4. The quantitative estimate of drug-likeness (QED) is 0.871. The summed E-state index contributed by atoms with van der Waals surface area (Å²) in [5, 5.41) is 3.67. The molecular formula is C17H21FN4OS. The van der Waals surface area contributed by atoms with Crippen molar-refractivity contribution < 1.29 is 9.18 Å². The van der Waals surface area contributed by atoms with E-state index >= 15 is 0 Å². The standard InChI is InChI=1S/C17H21FN4OS/c1-22-8-7-20-17(22)24-15-6-5-12(18)9-14(15)21-16(23)13-4-2-3-11(13)10-19/h5-9,11,13H,2-4,10,19H2,1H3,(H,21,23)/t11-,13-/m1/s1. The molecule has 2 atom stereocenters. The zero-order chi connectivity index (χ0) is 17.1. The molecule has 1 amide bonds. The molecule has 0 saturated heterocycles. The van der Waals surface area contributed by atoms with E-state index in [0.717, 1.165) is 29.3 Å². The maximum absolute atomic E-state index is 13.7. The van der Waals surface area contributed by atoms with Crippen LogP contribution in [0.5, 0.6) is 0 Å². The van der Waals surface area contributed by atoms with Gasteiger partial charge in [-0.3, -0.25) is 4.79 Å². The highest BCUT2D eigenvalue weighted by Gasteiger charge is 2.32. The van der Waals surface area contributed by atoms with E-state index in [1.807, 2.05) is 17.8 Å². The molecule has 24 heavy (non-hydrogen) atoms. The van der Waals surface area contributed by atoms with Gasteiger partial charge in [-0.2, -0.15) is 0 Å². The van der Waals surface area contributed by atoms with Gasteiger partial charge in [0.1, 0.15) is 5.82 Å². The van der Waals surface area contributed by atoms with Gasteiger partial charge in [-0.05, 0) is 55.3 Å². The van der Waals surface area contributed by atoms with Gasteiger partial charge in [0.05, 0.1) is 5.69 Å². The Morgan fingerprint density at radius 3 is 3.04 bits per heavy atom. The van der Waals surface area contributed by atoms with E-state index in [2.05, 4.69) is 10.3 Å². The second-order valence-corrected chi connectivity index (χ2v) is 7.09. The van der Waals surface area contributed by atoms with Crippen molar-refractivity contribution in [2.75, 3.05) is 11.9 Å². The predicted octanol–water partition coefficient (Wildman–Crippen LogP) is 3.02. The maximum Gasteiger partial charge on any atom is 0.227 e. The zero-order valence-electron chi connectivity index (χ0n) is 13.5. The van der Waals surface area contributed by atoms with Gasteiger partial charge in [-0.1, -0.05) is 6.42 Å². The number of imidazole rings is 1. The first-order valence-corrected chi connectivity index (χ1v) is 8.86. The molecular weight excluding hydrogens is 327 g/mol. The second-order valence-electron chi connectivity index (χ2n) is 6.09. The van der Waals surface area contributed by atoms with Crippen molar-refractivity contribution in [3.05, 3.63) is 36.4 Å². The minimum atomic E-state index is -0.378. The maximum atomic E-state index is 13.7. The van der Waals surface area contributed by atoms with Crippen LogP contribution in [0.1, 0.15) is 19.3 Å². The number of nitrogens with one attached hydrogen (secondary N) is 1. The number of hydrogen-bond acceptors (Lipinski definition) is 4. The van der Waals surface area contributed by atoms with Gasteiger partial charge < -0.3 is 15.6 Å². The number of anilines is 1. The van der Waals surface area contributed by atoms with Gasteiger partial charge in [0, 0.05) is 30.3 Å². The average molecular weight is 348 g/mol. The third-order valence-electron chi connectivity index (χ3n) is 4.48. The van der Waals surface area contributed by atoms with Gasteiger partial charge in [0.2, 0.25) is 5.91 Å². The third-order valence-corrected chi connectivity index (χ3v) is 5.63. The molecule has 0 radical (unpaired) electrons. The van der Waals surface area contributed by atoms with E-state index < -0.39 is 0 Å². The van der Waals surface area contributed by atoms with Crippen molar-refractivity contribution in [3.8, 4) is 0 Å². The lowest BCUT2D eigenvalue weighted by atomic mass is 9.95. The monoisotopic (exact) mass is 348 g/mol. The van der Waals surface area contributed by atoms with Gasteiger partial charge in [0.25, 0.3) is 0 Å². The molecule has 0 spiro atoms. The van der Waals surface area contributed by atoms with Crippen LogP contribution >= 0.6 is 11.8 Å². The summed E-state index contributed by atoms with van der Waals surface area (Å²) < 4.78 is 15.6. The van der Waals surface area contributed by atoms with Crippen LogP contribution in [0.4, 0.5) is 10.1 Å². The summed E-state index contributed by atoms with van der Waals surface area (Å²) in [5.74, 6) is -0.333. The summed E-state index contributed by atoms with van der Waals surface area (Å²) in [6, 6.07) is 4.41. The van der Waals surface area contributed by atoms with Gasteiger partial charge in [-0.15, -0.1) is 0 Å². The lowest BCUT2D eigenvalue weighted by Gasteiger charge is -2.18. The summed E-state index contributed by atoms with van der Waals surface area (Å²) in [7, 11) is 1.89. The van der Waals surface area contributed by atoms with Crippen LogP contribution in [-0.4, -0.2) is 22.0 Å². The van der Waals surface area contributed by atoms with Crippen molar-refractivity contribution in [2.24, 2.45) is 24.6 Å². The fraction of sp³-hybridized carbons (Fsp3) is 0.412. The fourth-order valence-corrected chi connectivity index (χ4v) is 4.00. The third kappa shape index (κ3) is 3.62. The van der Waals surface area contributed by atoms with E-state index in [0.29, 0.717) is 12.2 Å². The summed E-state index contributed by atoms with van der Waals surface area (Å²) in [5.41, 5.74) is 6.24. The Balaban J connectivity index is 1.80. The number of rotatable bonds is 5. The van der Waals surface area contributed by atoms with E-state index in [4.69, 9.17) is 5.73 Å².